The fourth-order valence-electron chi connectivity index (χ4n) is 4.48. The van der Waals surface area contributed by atoms with E-state index in [0.29, 0.717) is 13.2 Å². The minimum atomic E-state index is -1.06. The lowest BCUT2D eigenvalue weighted by Gasteiger charge is -2.33. The molecule has 0 amide bonds. The van der Waals surface area contributed by atoms with Crippen LogP contribution in [-0.4, -0.2) is 35.9 Å². The third-order valence-corrected chi connectivity index (χ3v) is 6.68. The lowest BCUT2D eigenvalue weighted by molar-refractivity contribution is -0.159. The Morgan fingerprint density at radius 1 is 0.675 bits per heavy atom. The molecule has 0 aliphatic rings. The summed E-state index contributed by atoms with van der Waals surface area (Å²) >= 11 is 0. The fourth-order valence-corrected chi connectivity index (χ4v) is 4.48. The third-order valence-electron chi connectivity index (χ3n) is 6.68. The first-order chi connectivity index (χ1) is 19.6. The summed E-state index contributed by atoms with van der Waals surface area (Å²) in [5, 5.41) is 13.7. The van der Waals surface area contributed by atoms with Gasteiger partial charge in [-0.25, -0.2) is 0 Å². The molecular weight excluding hydrogens is 502 g/mol. The summed E-state index contributed by atoms with van der Waals surface area (Å²) < 4.78 is 18.9. The average molecular weight is 540 g/mol. The van der Waals surface area contributed by atoms with Gasteiger partial charge in [-0.05, 0) is 29.2 Å². The van der Waals surface area contributed by atoms with E-state index in [1.54, 1.807) is 0 Å². The molecule has 0 heterocycles. The highest BCUT2D eigenvalue weighted by Crippen LogP contribution is 2.20. The van der Waals surface area contributed by atoms with Gasteiger partial charge >= 0.3 is 5.97 Å². The van der Waals surface area contributed by atoms with Crippen LogP contribution in [-0.2, 0) is 38.8 Å². The van der Waals surface area contributed by atoms with Crippen LogP contribution in [0.3, 0.4) is 0 Å². The zero-order valence-electron chi connectivity index (χ0n) is 22.8. The highest BCUT2D eigenvalue weighted by atomic mass is 16.6. The van der Waals surface area contributed by atoms with Crippen molar-refractivity contribution in [1.29, 1.82) is 0 Å². The number of carbonyl (C=O) groups is 1. The number of aliphatic carboxylic acids is 1. The molecule has 0 radical (unpaired) electrons. The molecule has 0 fully saturated rings. The molecule has 0 aliphatic heterocycles. The van der Waals surface area contributed by atoms with Gasteiger partial charge in [-0.2, -0.15) is 0 Å². The van der Waals surface area contributed by atoms with Crippen LogP contribution in [0.4, 0.5) is 0 Å². The van der Waals surface area contributed by atoms with Gasteiger partial charge in [-0.1, -0.05) is 121 Å². The normalized spacial score (nSPS) is 14.2. The molecular formula is C34H37NO5. The Labute approximate surface area is 236 Å². The number of ether oxygens (including phenoxy) is 3. The molecule has 0 saturated heterocycles. The quantitative estimate of drug-likeness (QED) is 0.177. The molecule has 6 heteroatoms. The first-order valence-corrected chi connectivity index (χ1v) is 13.6. The van der Waals surface area contributed by atoms with Gasteiger partial charge in [0.2, 0.25) is 0 Å². The number of carboxylic acids is 1. The van der Waals surface area contributed by atoms with Gasteiger partial charge in [0.05, 0.1) is 26.4 Å². The maximum atomic E-state index is 12.8. The number of nitrogens with one attached hydrogen (secondary N) is 1. The van der Waals surface area contributed by atoms with E-state index in [1.165, 1.54) is 0 Å². The van der Waals surface area contributed by atoms with E-state index in [1.807, 2.05) is 128 Å². The molecule has 40 heavy (non-hydrogen) atoms. The summed E-state index contributed by atoms with van der Waals surface area (Å²) in [4.78, 5) is 12.8. The number of carboxylic acid groups (broad SMARTS) is 1. The summed E-state index contributed by atoms with van der Waals surface area (Å²) in [6, 6.07) is 37.9. The summed E-state index contributed by atoms with van der Waals surface area (Å²) in [5.74, 6) is -1.02. The van der Waals surface area contributed by atoms with Crippen molar-refractivity contribution >= 4 is 5.97 Å². The molecule has 0 aliphatic carbocycles. The molecule has 4 atom stereocenters. The van der Waals surface area contributed by atoms with Crippen LogP contribution in [0.1, 0.15) is 35.2 Å². The van der Waals surface area contributed by atoms with Crippen molar-refractivity contribution in [2.45, 2.75) is 51.0 Å². The van der Waals surface area contributed by atoms with Gasteiger partial charge in [0, 0.05) is 6.04 Å². The minimum Gasteiger partial charge on any atom is -0.480 e. The van der Waals surface area contributed by atoms with Crippen LogP contribution >= 0.6 is 0 Å². The summed E-state index contributed by atoms with van der Waals surface area (Å²) in [6.45, 7) is 3.02. The zero-order valence-corrected chi connectivity index (χ0v) is 22.8. The Bertz CT molecular complexity index is 1250. The Hall–Kier alpha value is -3.81. The molecule has 4 aromatic rings. The maximum Gasteiger partial charge on any atom is 0.323 e. The summed E-state index contributed by atoms with van der Waals surface area (Å²) in [5.41, 5.74) is 3.93. The largest absolute Gasteiger partial charge is 0.480 e. The van der Waals surface area contributed by atoms with E-state index in [9.17, 15) is 9.90 Å². The van der Waals surface area contributed by atoms with E-state index in [2.05, 4.69) is 5.32 Å². The summed E-state index contributed by atoms with van der Waals surface area (Å²) in [6.07, 6.45) is -1.51. The Morgan fingerprint density at radius 2 is 1.12 bits per heavy atom. The van der Waals surface area contributed by atoms with E-state index < -0.39 is 24.2 Å². The lowest BCUT2D eigenvalue weighted by Crippen LogP contribution is -2.54. The molecule has 0 unspecified atom stereocenters. The molecule has 6 nitrogen and oxygen atoms in total. The highest BCUT2D eigenvalue weighted by molar-refractivity contribution is 5.74. The average Bonchev–Trinajstić information content (AvgIpc) is 3.00. The predicted molar refractivity (Wildman–Crippen MR) is 156 cm³/mol. The van der Waals surface area contributed by atoms with Crippen molar-refractivity contribution in [2.24, 2.45) is 0 Å². The molecule has 0 saturated carbocycles. The molecule has 4 aromatic carbocycles. The van der Waals surface area contributed by atoms with Gasteiger partial charge in [0.25, 0.3) is 0 Å². The maximum absolute atomic E-state index is 12.8. The molecule has 0 spiro atoms. The van der Waals surface area contributed by atoms with Gasteiger partial charge < -0.3 is 19.3 Å². The van der Waals surface area contributed by atoms with Crippen molar-refractivity contribution < 1.29 is 24.1 Å². The topological polar surface area (TPSA) is 77.0 Å². The molecule has 208 valence electrons. The monoisotopic (exact) mass is 539 g/mol. The Morgan fingerprint density at radius 3 is 1.62 bits per heavy atom. The van der Waals surface area contributed by atoms with Crippen molar-refractivity contribution in [1.82, 2.24) is 5.32 Å². The molecule has 2 N–H and O–H groups in total. The number of hydrogen-bond donors (Lipinski definition) is 2. The second-order valence-corrected chi connectivity index (χ2v) is 9.71. The van der Waals surface area contributed by atoms with Crippen molar-refractivity contribution in [2.75, 3.05) is 6.61 Å². The second kappa shape index (κ2) is 15.7. The van der Waals surface area contributed by atoms with Gasteiger partial charge in [-0.3, -0.25) is 10.1 Å². The molecule has 0 bridgehead atoms. The Balaban J connectivity index is 1.58. The number of hydrogen-bond acceptors (Lipinski definition) is 5. The van der Waals surface area contributed by atoms with E-state index >= 15 is 0 Å². The first kappa shape index (κ1) is 29.2. The van der Waals surface area contributed by atoms with Crippen molar-refractivity contribution in [3.05, 3.63) is 144 Å². The van der Waals surface area contributed by atoms with Crippen LogP contribution in [0.2, 0.25) is 0 Å². The SMILES string of the molecule is C[C@@H](N[C@H](C(=O)O)[C@H](OCc1ccccc1)[C@H](COCc1ccccc1)OCc1ccccc1)c1ccccc1. The minimum absolute atomic E-state index is 0.159. The molecule has 0 aromatic heterocycles. The van der Waals surface area contributed by atoms with Gasteiger partial charge in [0.15, 0.2) is 0 Å². The van der Waals surface area contributed by atoms with Crippen LogP contribution in [0, 0.1) is 0 Å². The van der Waals surface area contributed by atoms with Crippen LogP contribution in [0.5, 0.6) is 0 Å². The van der Waals surface area contributed by atoms with E-state index in [0.717, 1.165) is 22.3 Å². The van der Waals surface area contributed by atoms with Gasteiger partial charge in [0.1, 0.15) is 18.2 Å². The van der Waals surface area contributed by atoms with Crippen molar-refractivity contribution in [3.8, 4) is 0 Å². The number of rotatable bonds is 16. The predicted octanol–water partition coefficient (Wildman–Crippen LogP) is 6.18. The highest BCUT2D eigenvalue weighted by Gasteiger charge is 2.37. The second-order valence-electron chi connectivity index (χ2n) is 9.71. The first-order valence-electron chi connectivity index (χ1n) is 13.6. The van der Waals surface area contributed by atoms with E-state index in [-0.39, 0.29) is 19.3 Å². The fraction of sp³-hybridized carbons (Fsp3) is 0.265. The van der Waals surface area contributed by atoms with E-state index in [4.69, 9.17) is 14.2 Å². The van der Waals surface area contributed by atoms with Crippen LogP contribution in [0.25, 0.3) is 0 Å². The lowest BCUT2D eigenvalue weighted by atomic mass is 10.0. The zero-order chi connectivity index (χ0) is 28.0. The van der Waals surface area contributed by atoms with Crippen LogP contribution in [0.15, 0.2) is 121 Å². The number of benzene rings is 4. The van der Waals surface area contributed by atoms with Crippen molar-refractivity contribution in [3.63, 3.8) is 0 Å². The standard InChI is InChI=1S/C34H37NO5/c1-26(30-20-12-5-13-21-30)35-32(34(36)37)33(40-24-29-18-10-4-11-19-29)31(39-23-28-16-8-3-9-17-28)25-38-22-27-14-6-2-7-15-27/h2-21,26,31-33,35H,22-25H2,1H3,(H,36,37)/t26-,31+,32+,33-/m1/s1. The van der Waals surface area contributed by atoms with Crippen LogP contribution < -0.4 is 5.32 Å². The van der Waals surface area contributed by atoms with Gasteiger partial charge in [-0.15, -0.1) is 0 Å². The Kier molecular flexibility index (Phi) is 11.5. The smallest absolute Gasteiger partial charge is 0.323 e. The molecule has 4 rings (SSSR count). The summed E-state index contributed by atoms with van der Waals surface area (Å²) in [7, 11) is 0. The third kappa shape index (κ3) is 9.14.